The third kappa shape index (κ3) is 3.69. The summed E-state index contributed by atoms with van der Waals surface area (Å²) in [6, 6.07) is 26.1. The van der Waals surface area contributed by atoms with Crippen LogP contribution in [0.25, 0.3) is 10.8 Å². The molecule has 0 aliphatic rings. The summed E-state index contributed by atoms with van der Waals surface area (Å²) < 4.78 is 5.91. The van der Waals surface area contributed by atoms with Gasteiger partial charge in [-0.05, 0) is 41.3 Å². The second-order valence-corrected chi connectivity index (χ2v) is 6.56. The summed E-state index contributed by atoms with van der Waals surface area (Å²) in [6.07, 6.45) is 1.10. The van der Waals surface area contributed by atoms with Crippen molar-refractivity contribution in [2.75, 3.05) is 0 Å². The molecule has 1 heterocycles. The minimum absolute atomic E-state index is 0.398. The zero-order chi connectivity index (χ0) is 18.6. The Hall–Kier alpha value is -3.17. The van der Waals surface area contributed by atoms with Crippen LogP contribution in [0, 0.1) is 0 Å². The number of fused-ring (bicyclic) bond motifs is 1. The molecule has 4 heteroatoms. The van der Waals surface area contributed by atoms with Crippen LogP contribution >= 0.6 is 11.6 Å². The van der Waals surface area contributed by atoms with E-state index in [9.17, 15) is 4.79 Å². The van der Waals surface area contributed by atoms with Gasteiger partial charge in [0.2, 0.25) is 0 Å². The molecule has 3 aromatic carbocycles. The average molecular weight is 374 g/mol. The molecule has 0 aliphatic carbocycles. The summed E-state index contributed by atoms with van der Waals surface area (Å²) in [5.74, 6) is -0.398. The van der Waals surface area contributed by atoms with Gasteiger partial charge >= 0.3 is 5.97 Å². The minimum atomic E-state index is -0.638. The Balaban J connectivity index is 1.80. The summed E-state index contributed by atoms with van der Waals surface area (Å²) in [7, 11) is 0. The Morgan fingerprint density at radius 3 is 2.33 bits per heavy atom. The lowest BCUT2D eigenvalue weighted by Gasteiger charge is -2.20. The molecule has 1 atom stereocenters. The van der Waals surface area contributed by atoms with E-state index in [2.05, 4.69) is 4.98 Å². The summed E-state index contributed by atoms with van der Waals surface area (Å²) in [5.41, 5.74) is 2.00. The molecule has 0 saturated heterocycles. The molecular formula is C23H16ClNO2. The Morgan fingerprint density at radius 2 is 1.56 bits per heavy atom. The first kappa shape index (κ1) is 17.3. The van der Waals surface area contributed by atoms with Gasteiger partial charge in [-0.15, -0.1) is 0 Å². The first-order chi connectivity index (χ1) is 13.2. The van der Waals surface area contributed by atoms with Crippen molar-refractivity contribution in [3.8, 4) is 0 Å². The largest absolute Gasteiger partial charge is 0.447 e. The Labute approximate surface area is 162 Å². The number of carbonyl (C=O) groups excluding carboxylic acids is 1. The van der Waals surface area contributed by atoms with E-state index in [-0.39, 0.29) is 0 Å². The van der Waals surface area contributed by atoms with Crippen LogP contribution in [0.3, 0.4) is 0 Å². The third-order valence-electron chi connectivity index (χ3n) is 4.36. The first-order valence-corrected chi connectivity index (χ1v) is 8.95. The number of hydrogen-bond donors (Lipinski definition) is 0. The summed E-state index contributed by atoms with van der Waals surface area (Å²) in [5, 5.41) is 2.61. The molecule has 132 valence electrons. The maximum Gasteiger partial charge on any atom is 0.339 e. The van der Waals surface area contributed by atoms with Crippen molar-refractivity contribution in [2.24, 2.45) is 0 Å². The van der Waals surface area contributed by atoms with Crippen LogP contribution in [0.15, 0.2) is 91.1 Å². The quantitative estimate of drug-likeness (QED) is 0.422. The normalized spacial score (nSPS) is 11.9. The number of pyridine rings is 1. The highest BCUT2D eigenvalue weighted by molar-refractivity contribution is 6.30. The van der Waals surface area contributed by atoms with E-state index in [0.29, 0.717) is 16.3 Å². The molecule has 1 aromatic heterocycles. The van der Waals surface area contributed by atoms with E-state index >= 15 is 0 Å². The zero-order valence-electron chi connectivity index (χ0n) is 14.4. The second-order valence-electron chi connectivity index (χ2n) is 6.12. The van der Waals surface area contributed by atoms with Gasteiger partial charge in [0, 0.05) is 16.6 Å². The van der Waals surface area contributed by atoms with Crippen LogP contribution in [-0.2, 0) is 4.74 Å². The van der Waals surface area contributed by atoms with Crippen molar-refractivity contribution < 1.29 is 9.53 Å². The molecular weight excluding hydrogens is 358 g/mol. The number of carbonyl (C=O) groups is 1. The number of benzene rings is 3. The maximum atomic E-state index is 12.7. The van der Waals surface area contributed by atoms with Crippen molar-refractivity contribution in [1.82, 2.24) is 4.98 Å². The molecule has 0 amide bonds. The Bertz CT molecular complexity index is 1070. The van der Waals surface area contributed by atoms with E-state index in [1.54, 1.807) is 30.5 Å². The predicted octanol–water partition coefficient (Wildman–Crippen LogP) is 5.83. The van der Waals surface area contributed by atoms with E-state index < -0.39 is 12.1 Å². The van der Waals surface area contributed by atoms with Gasteiger partial charge in [-0.3, -0.25) is 4.98 Å². The fourth-order valence-electron chi connectivity index (χ4n) is 3.02. The van der Waals surface area contributed by atoms with Crippen molar-refractivity contribution in [1.29, 1.82) is 0 Å². The molecule has 0 fully saturated rings. The molecule has 0 bridgehead atoms. The maximum absolute atomic E-state index is 12.7. The van der Waals surface area contributed by atoms with Crippen LogP contribution in [0.1, 0.15) is 27.7 Å². The monoisotopic (exact) mass is 373 g/mol. The fourth-order valence-corrected chi connectivity index (χ4v) is 3.15. The molecule has 0 N–H and O–H groups in total. The molecule has 0 aliphatic heterocycles. The van der Waals surface area contributed by atoms with Gasteiger partial charge in [-0.25, -0.2) is 4.79 Å². The highest BCUT2D eigenvalue weighted by atomic mass is 35.5. The zero-order valence-corrected chi connectivity index (χ0v) is 15.1. The van der Waals surface area contributed by atoms with Crippen LogP contribution in [-0.4, -0.2) is 11.0 Å². The smallest absolute Gasteiger partial charge is 0.339 e. The van der Waals surface area contributed by atoms with E-state index in [4.69, 9.17) is 16.3 Å². The Kier molecular flexibility index (Phi) is 4.86. The van der Waals surface area contributed by atoms with Gasteiger partial charge in [0.25, 0.3) is 0 Å². The molecule has 27 heavy (non-hydrogen) atoms. The standard InChI is InChI=1S/C23H16ClNO2/c24-19-12-10-17(11-13-19)22(27-23(26)18-7-2-1-3-8-18)21-20-9-5-4-6-16(20)14-15-25-21/h1-15,22H. The predicted molar refractivity (Wildman–Crippen MR) is 107 cm³/mol. The SMILES string of the molecule is O=C(OC(c1ccc(Cl)cc1)c1nccc2ccccc12)c1ccccc1. The van der Waals surface area contributed by atoms with Gasteiger partial charge in [0.05, 0.1) is 11.3 Å². The topological polar surface area (TPSA) is 39.2 Å². The molecule has 0 spiro atoms. The van der Waals surface area contributed by atoms with Crippen LogP contribution in [0.5, 0.6) is 0 Å². The number of rotatable bonds is 4. The Morgan fingerprint density at radius 1 is 0.852 bits per heavy atom. The summed E-state index contributed by atoms with van der Waals surface area (Å²) in [4.78, 5) is 17.3. The van der Waals surface area contributed by atoms with Gasteiger partial charge in [0.15, 0.2) is 6.10 Å². The first-order valence-electron chi connectivity index (χ1n) is 8.57. The lowest BCUT2D eigenvalue weighted by molar-refractivity contribution is 0.0373. The van der Waals surface area contributed by atoms with Crippen molar-refractivity contribution in [3.05, 3.63) is 113 Å². The van der Waals surface area contributed by atoms with Gasteiger partial charge in [-0.1, -0.05) is 66.2 Å². The van der Waals surface area contributed by atoms with E-state index in [1.807, 2.05) is 60.7 Å². The van der Waals surface area contributed by atoms with E-state index in [0.717, 1.165) is 16.3 Å². The number of aromatic nitrogens is 1. The van der Waals surface area contributed by atoms with Gasteiger partial charge in [-0.2, -0.15) is 0 Å². The fraction of sp³-hybridized carbons (Fsp3) is 0.0435. The van der Waals surface area contributed by atoms with Crippen LogP contribution < -0.4 is 0 Å². The summed E-state index contributed by atoms with van der Waals surface area (Å²) >= 11 is 6.04. The highest BCUT2D eigenvalue weighted by Crippen LogP contribution is 2.31. The van der Waals surface area contributed by atoms with Gasteiger partial charge < -0.3 is 4.74 Å². The van der Waals surface area contributed by atoms with Crippen LogP contribution in [0.4, 0.5) is 0 Å². The number of hydrogen-bond acceptors (Lipinski definition) is 3. The van der Waals surface area contributed by atoms with Crippen molar-refractivity contribution in [3.63, 3.8) is 0 Å². The molecule has 0 saturated carbocycles. The lowest BCUT2D eigenvalue weighted by Crippen LogP contribution is -2.14. The number of esters is 1. The van der Waals surface area contributed by atoms with E-state index in [1.165, 1.54) is 0 Å². The molecule has 1 unspecified atom stereocenters. The molecule has 4 rings (SSSR count). The highest BCUT2D eigenvalue weighted by Gasteiger charge is 2.23. The average Bonchev–Trinajstić information content (AvgIpc) is 2.73. The van der Waals surface area contributed by atoms with Crippen LogP contribution in [0.2, 0.25) is 5.02 Å². The molecule has 4 aromatic rings. The summed E-state index contributed by atoms with van der Waals surface area (Å²) in [6.45, 7) is 0. The minimum Gasteiger partial charge on any atom is -0.447 e. The van der Waals surface area contributed by atoms with Crippen molar-refractivity contribution in [2.45, 2.75) is 6.10 Å². The number of nitrogens with zero attached hydrogens (tertiary/aromatic N) is 1. The molecule has 0 radical (unpaired) electrons. The number of halogens is 1. The number of ether oxygens (including phenoxy) is 1. The van der Waals surface area contributed by atoms with Crippen molar-refractivity contribution >= 4 is 28.3 Å². The lowest BCUT2D eigenvalue weighted by atomic mass is 10.0. The second kappa shape index (κ2) is 7.60. The molecule has 3 nitrogen and oxygen atoms in total. The van der Waals surface area contributed by atoms with Gasteiger partial charge in [0.1, 0.15) is 0 Å². The third-order valence-corrected chi connectivity index (χ3v) is 4.61.